The van der Waals surface area contributed by atoms with Gasteiger partial charge in [0.2, 0.25) is 5.95 Å². The molecule has 0 aliphatic heterocycles. The number of anilines is 1. The number of carbonyl (C=O) groups is 1. The van der Waals surface area contributed by atoms with Crippen LogP contribution in [-0.4, -0.2) is 20.9 Å². The predicted molar refractivity (Wildman–Crippen MR) is 122 cm³/mol. The molecule has 3 aromatic carbocycles. The highest BCUT2D eigenvalue weighted by Gasteiger charge is 2.19. The number of aromatic nitrogens is 3. The van der Waals surface area contributed by atoms with Crippen molar-refractivity contribution in [1.29, 1.82) is 0 Å². The normalized spacial score (nSPS) is 11.0. The Morgan fingerprint density at radius 1 is 0.806 bits per heavy atom. The van der Waals surface area contributed by atoms with E-state index in [0.717, 1.165) is 27.7 Å². The van der Waals surface area contributed by atoms with Crippen LogP contribution in [0.4, 0.5) is 5.95 Å². The maximum Gasteiger partial charge on any atom is 0.260 e. The van der Waals surface area contributed by atoms with E-state index in [4.69, 9.17) is 4.98 Å². The lowest BCUT2D eigenvalue weighted by atomic mass is 9.97. The monoisotopic (exact) mass is 406 g/mol. The van der Waals surface area contributed by atoms with Crippen LogP contribution in [0.5, 0.6) is 0 Å². The minimum atomic E-state index is -0.355. The van der Waals surface area contributed by atoms with Crippen molar-refractivity contribution in [3.05, 3.63) is 100 Å². The second-order valence-electron chi connectivity index (χ2n) is 7.23. The number of nitrogens with zero attached hydrogens (tertiary/aromatic N) is 2. The Kier molecular flexibility index (Phi) is 4.52. The van der Waals surface area contributed by atoms with Crippen molar-refractivity contribution in [2.24, 2.45) is 0 Å². The van der Waals surface area contributed by atoms with E-state index in [1.54, 1.807) is 24.3 Å². The topological polar surface area (TPSA) is 87.7 Å². The second-order valence-corrected chi connectivity index (χ2v) is 7.23. The lowest BCUT2D eigenvalue weighted by molar-refractivity contribution is 0.102. The van der Waals surface area contributed by atoms with Gasteiger partial charge < -0.3 is 0 Å². The maximum absolute atomic E-state index is 13.4. The number of aromatic amines is 1. The summed E-state index contributed by atoms with van der Waals surface area (Å²) in [4.78, 5) is 37.6. The van der Waals surface area contributed by atoms with E-state index in [1.807, 2.05) is 61.5 Å². The number of fused-ring (bicyclic) bond motifs is 2. The highest BCUT2D eigenvalue weighted by atomic mass is 16.2. The average Bonchev–Trinajstić information content (AvgIpc) is 2.79. The zero-order valence-corrected chi connectivity index (χ0v) is 16.7. The summed E-state index contributed by atoms with van der Waals surface area (Å²) in [5.41, 5.74) is 3.86. The van der Waals surface area contributed by atoms with Gasteiger partial charge in [0.05, 0.1) is 27.7 Å². The molecule has 150 valence electrons. The third kappa shape index (κ3) is 3.34. The van der Waals surface area contributed by atoms with Gasteiger partial charge in [-0.2, -0.15) is 0 Å². The first-order valence-corrected chi connectivity index (χ1v) is 9.87. The number of hydrogen-bond donors (Lipinski definition) is 2. The first-order chi connectivity index (χ1) is 15.1. The standard InChI is InChI=1S/C25H18N4O2/c1-15-21(24(31)29-25-27-20-14-8-6-12-18(20)23(30)28-25)17-11-5-7-13-19(17)26-22(15)16-9-3-2-4-10-16/h2-14H,1H3,(H2,27,28,29,30,31). The largest absolute Gasteiger partial charge is 0.292 e. The Bertz CT molecular complexity index is 1510. The molecule has 6 nitrogen and oxygen atoms in total. The Morgan fingerprint density at radius 3 is 2.16 bits per heavy atom. The van der Waals surface area contributed by atoms with Crippen LogP contribution >= 0.6 is 0 Å². The Hall–Kier alpha value is -4.32. The summed E-state index contributed by atoms with van der Waals surface area (Å²) in [6.45, 7) is 1.88. The summed E-state index contributed by atoms with van der Waals surface area (Å²) in [5.74, 6) is -0.248. The summed E-state index contributed by atoms with van der Waals surface area (Å²) in [6, 6.07) is 24.3. The molecule has 0 aliphatic carbocycles. The first kappa shape index (κ1) is 18.7. The molecule has 0 saturated heterocycles. The van der Waals surface area contributed by atoms with Gasteiger partial charge in [0.15, 0.2) is 0 Å². The highest BCUT2D eigenvalue weighted by Crippen LogP contribution is 2.30. The number of nitrogens with one attached hydrogen (secondary N) is 2. The van der Waals surface area contributed by atoms with Gasteiger partial charge in [-0.1, -0.05) is 60.7 Å². The number of rotatable bonds is 3. The molecule has 1 amide bonds. The van der Waals surface area contributed by atoms with Crippen LogP contribution in [0, 0.1) is 6.92 Å². The van der Waals surface area contributed by atoms with Crippen LogP contribution in [0.2, 0.25) is 0 Å². The summed E-state index contributed by atoms with van der Waals surface area (Å²) in [6.07, 6.45) is 0. The van der Waals surface area contributed by atoms with Gasteiger partial charge in [0.1, 0.15) is 0 Å². The van der Waals surface area contributed by atoms with Crippen LogP contribution in [0.3, 0.4) is 0 Å². The Morgan fingerprint density at radius 2 is 1.42 bits per heavy atom. The molecule has 5 rings (SSSR count). The molecule has 31 heavy (non-hydrogen) atoms. The molecule has 0 saturated carbocycles. The van der Waals surface area contributed by atoms with Crippen molar-refractivity contribution < 1.29 is 4.79 Å². The summed E-state index contributed by atoms with van der Waals surface area (Å²) in [7, 11) is 0. The summed E-state index contributed by atoms with van der Waals surface area (Å²) < 4.78 is 0. The molecule has 0 bridgehead atoms. The molecule has 0 atom stereocenters. The minimum Gasteiger partial charge on any atom is -0.292 e. The van der Waals surface area contributed by atoms with Gasteiger partial charge in [-0.05, 0) is 30.7 Å². The van der Waals surface area contributed by atoms with E-state index >= 15 is 0 Å². The number of amides is 1. The molecular weight excluding hydrogens is 388 g/mol. The van der Waals surface area contributed by atoms with Gasteiger partial charge in [0, 0.05) is 10.9 Å². The Balaban J connectivity index is 1.65. The van der Waals surface area contributed by atoms with Gasteiger partial charge >= 0.3 is 0 Å². The average molecular weight is 406 g/mol. The zero-order chi connectivity index (χ0) is 21.4. The second kappa shape index (κ2) is 7.50. The van der Waals surface area contributed by atoms with Crippen molar-refractivity contribution in [2.75, 3.05) is 5.32 Å². The molecular formula is C25H18N4O2. The molecule has 6 heteroatoms. The lowest BCUT2D eigenvalue weighted by Gasteiger charge is -2.14. The molecule has 5 aromatic rings. The van der Waals surface area contributed by atoms with Crippen LogP contribution in [0.25, 0.3) is 33.1 Å². The van der Waals surface area contributed by atoms with Crippen molar-refractivity contribution in [1.82, 2.24) is 15.0 Å². The van der Waals surface area contributed by atoms with Gasteiger partial charge in [-0.15, -0.1) is 0 Å². The van der Waals surface area contributed by atoms with Crippen molar-refractivity contribution >= 4 is 33.7 Å². The van der Waals surface area contributed by atoms with Gasteiger partial charge in [-0.25, -0.2) is 9.97 Å². The number of benzene rings is 3. The quantitative estimate of drug-likeness (QED) is 0.455. The van der Waals surface area contributed by atoms with E-state index in [2.05, 4.69) is 15.3 Å². The molecule has 0 spiro atoms. The third-order valence-corrected chi connectivity index (χ3v) is 5.25. The van der Waals surface area contributed by atoms with Crippen LogP contribution < -0.4 is 10.9 Å². The van der Waals surface area contributed by atoms with Crippen molar-refractivity contribution in [2.45, 2.75) is 6.92 Å². The third-order valence-electron chi connectivity index (χ3n) is 5.25. The number of hydrogen-bond acceptors (Lipinski definition) is 4. The van der Waals surface area contributed by atoms with Crippen LogP contribution in [-0.2, 0) is 0 Å². The zero-order valence-electron chi connectivity index (χ0n) is 16.7. The maximum atomic E-state index is 13.4. The summed E-state index contributed by atoms with van der Waals surface area (Å²) in [5, 5.41) is 3.98. The van der Waals surface area contributed by atoms with Gasteiger partial charge in [0.25, 0.3) is 11.5 Å². The fourth-order valence-corrected chi connectivity index (χ4v) is 3.79. The number of carbonyl (C=O) groups excluding carboxylic acids is 1. The van der Waals surface area contributed by atoms with Crippen molar-refractivity contribution in [3.8, 4) is 11.3 Å². The molecule has 2 N–H and O–H groups in total. The summed E-state index contributed by atoms with van der Waals surface area (Å²) >= 11 is 0. The number of H-pyrrole nitrogens is 1. The number of pyridine rings is 1. The van der Waals surface area contributed by atoms with E-state index in [-0.39, 0.29) is 17.4 Å². The minimum absolute atomic E-state index is 0.107. The van der Waals surface area contributed by atoms with Gasteiger partial charge in [-0.3, -0.25) is 19.9 Å². The molecule has 0 aliphatic rings. The Labute approximate surface area is 177 Å². The predicted octanol–water partition coefficient (Wildman–Crippen LogP) is 4.70. The molecule has 2 heterocycles. The lowest BCUT2D eigenvalue weighted by Crippen LogP contribution is -2.20. The van der Waals surface area contributed by atoms with E-state index < -0.39 is 0 Å². The van der Waals surface area contributed by atoms with E-state index in [9.17, 15) is 9.59 Å². The fourth-order valence-electron chi connectivity index (χ4n) is 3.79. The van der Waals surface area contributed by atoms with E-state index in [0.29, 0.717) is 16.5 Å². The first-order valence-electron chi connectivity index (χ1n) is 9.87. The molecule has 2 aromatic heterocycles. The van der Waals surface area contributed by atoms with Crippen LogP contribution in [0.1, 0.15) is 15.9 Å². The van der Waals surface area contributed by atoms with Crippen molar-refractivity contribution in [3.63, 3.8) is 0 Å². The number of para-hydroxylation sites is 2. The fraction of sp³-hybridized carbons (Fsp3) is 0.0400. The van der Waals surface area contributed by atoms with E-state index in [1.165, 1.54) is 0 Å². The SMILES string of the molecule is Cc1c(-c2ccccc2)nc2ccccc2c1C(=O)Nc1nc2ccccc2c(=O)[nH]1. The molecule has 0 unspecified atom stereocenters. The molecule has 0 radical (unpaired) electrons. The highest BCUT2D eigenvalue weighted by molar-refractivity contribution is 6.14. The molecule has 0 fully saturated rings. The smallest absolute Gasteiger partial charge is 0.260 e. The van der Waals surface area contributed by atoms with Crippen LogP contribution in [0.15, 0.2) is 83.7 Å².